The average Bonchev–Trinajstić information content (AvgIpc) is 3.22. The number of aryl methyl sites for hydroxylation is 1. The predicted molar refractivity (Wildman–Crippen MR) is 220 cm³/mol. The molecule has 18 nitrogen and oxygen atoms in total. The summed E-state index contributed by atoms with van der Waals surface area (Å²) in [5.74, 6) is -4.14. The van der Waals surface area contributed by atoms with Crippen molar-refractivity contribution in [1.82, 2.24) is 0 Å². The maximum absolute atomic E-state index is 13.3. The van der Waals surface area contributed by atoms with Crippen molar-refractivity contribution in [2.45, 2.75) is 16.7 Å². The number of anilines is 2. The third kappa shape index (κ3) is 11.9. The summed E-state index contributed by atoms with van der Waals surface area (Å²) < 4.78 is 73.8. The van der Waals surface area contributed by atoms with Gasteiger partial charge in [-0.3, -0.25) is 9.59 Å². The number of carboxylic acids is 1. The van der Waals surface area contributed by atoms with Crippen molar-refractivity contribution >= 4 is 93.7 Å². The number of benzene rings is 7. The van der Waals surface area contributed by atoms with Crippen LogP contribution in [-0.4, -0.2) is 53.9 Å². The Morgan fingerprint density at radius 3 is 1.48 bits per heavy atom. The minimum Gasteiger partial charge on any atom is -0.744 e. The van der Waals surface area contributed by atoms with Gasteiger partial charge in [0.05, 0.1) is 27.1 Å². The number of azo groups is 2. The van der Waals surface area contributed by atoms with Gasteiger partial charge in [0.15, 0.2) is 11.5 Å². The van der Waals surface area contributed by atoms with E-state index in [1.165, 1.54) is 78.9 Å². The molecule has 0 bridgehead atoms. The van der Waals surface area contributed by atoms with E-state index in [4.69, 9.17) is 0 Å². The molecule has 7 aromatic carbocycles. The first kappa shape index (κ1) is 52.7. The van der Waals surface area contributed by atoms with Crippen LogP contribution in [0.5, 0.6) is 11.5 Å². The minimum atomic E-state index is -5.29. The Bertz CT molecular complexity index is 3320. The molecule has 7 rings (SSSR count). The van der Waals surface area contributed by atoms with E-state index in [9.17, 15) is 55.6 Å². The second-order valence-corrected chi connectivity index (χ2v) is 16.1. The van der Waals surface area contributed by atoms with Gasteiger partial charge in [0.1, 0.15) is 31.6 Å². The second kappa shape index (κ2) is 21.6. The Kier molecular flexibility index (Phi) is 17.5. The van der Waals surface area contributed by atoms with Crippen molar-refractivity contribution in [2.24, 2.45) is 20.5 Å². The molecule has 312 valence electrons. The van der Waals surface area contributed by atoms with Crippen LogP contribution < -0.4 is 104 Å². The SMILES string of the molecule is Cc1cc(C(=O)Nc2ccc3c(O)c(N=Nc4ccccc4C(=O)[O-])c(S(=O)(=O)[O-])cc3c2)ccc1N=Nc1c(S(=O)(=O)[O-])cc2cc(NC(=O)c3ccccc3)ccc2c1O.[Na+].[Na+].[Na+]. The van der Waals surface area contributed by atoms with E-state index in [0.717, 1.165) is 12.1 Å². The van der Waals surface area contributed by atoms with Gasteiger partial charge >= 0.3 is 88.7 Å². The molecule has 0 aliphatic heterocycles. The van der Waals surface area contributed by atoms with Crippen molar-refractivity contribution in [1.29, 1.82) is 0 Å². The number of aromatic carboxylic acids is 1. The molecule has 0 aromatic heterocycles. The zero-order valence-electron chi connectivity index (χ0n) is 34.6. The van der Waals surface area contributed by atoms with Gasteiger partial charge in [-0.1, -0.05) is 36.4 Å². The van der Waals surface area contributed by atoms with Crippen LogP contribution in [0.2, 0.25) is 0 Å². The number of fused-ring (bicyclic) bond motifs is 2. The van der Waals surface area contributed by atoms with Gasteiger partial charge in [0, 0.05) is 38.8 Å². The molecule has 7 aromatic rings. The molecule has 4 N–H and O–H groups in total. The monoisotopic (exact) mass is 940 g/mol. The number of carbonyl (C=O) groups is 3. The maximum Gasteiger partial charge on any atom is 1.00 e. The van der Waals surface area contributed by atoms with Crippen LogP contribution in [0.1, 0.15) is 36.6 Å². The Hall–Kier alpha value is -4.91. The fourth-order valence-electron chi connectivity index (χ4n) is 6.28. The quantitative estimate of drug-likeness (QED) is 0.0637. The summed E-state index contributed by atoms with van der Waals surface area (Å²) in [6, 6.07) is 27.8. The van der Waals surface area contributed by atoms with Crippen LogP contribution in [0.25, 0.3) is 21.5 Å². The summed E-state index contributed by atoms with van der Waals surface area (Å²) in [4.78, 5) is 35.6. The molecular weight excluding hydrogens is 914 g/mol. The van der Waals surface area contributed by atoms with Crippen molar-refractivity contribution in [3.63, 3.8) is 0 Å². The molecule has 0 radical (unpaired) electrons. The van der Waals surface area contributed by atoms with Crippen LogP contribution in [-0.2, 0) is 20.2 Å². The summed E-state index contributed by atoms with van der Waals surface area (Å²) in [6.07, 6.45) is 0. The number of amides is 2. The molecule has 0 spiro atoms. The van der Waals surface area contributed by atoms with Crippen LogP contribution in [0.3, 0.4) is 0 Å². The number of nitrogens with zero attached hydrogens (tertiary/aromatic N) is 4. The van der Waals surface area contributed by atoms with E-state index in [1.54, 1.807) is 37.3 Å². The summed E-state index contributed by atoms with van der Waals surface area (Å²) in [5.41, 5.74) is -0.701. The fourth-order valence-corrected chi connectivity index (χ4v) is 7.57. The fraction of sp³-hybridized carbons (Fsp3) is 0.0238. The molecule has 0 heterocycles. The van der Waals surface area contributed by atoms with E-state index in [1.807, 2.05) is 0 Å². The Labute approximate surface area is 436 Å². The number of rotatable bonds is 11. The van der Waals surface area contributed by atoms with Crippen LogP contribution >= 0.6 is 0 Å². The van der Waals surface area contributed by atoms with Crippen molar-refractivity contribution in [3.8, 4) is 11.5 Å². The number of nitrogens with one attached hydrogen (secondary N) is 2. The van der Waals surface area contributed by atoms with Crippen molar-refractivity contribution in [2.75, 3.05) is 10.6 Å². The number of hydrogen-bond donors (Lipinski definition) is 4. The predicted octanol–water partition coefficient (Wildman–Crippen LogP) is -1.77. The average molecular weight is 941 g/mol. The smallest absolute Gasteiger partial charge is 0.744 e. The topological polar surface area (TPSA) is 303 Å². The molecule has 0 unspecified atom stereocenters. The summed E-state index contributed by atoms with van der Waals surface area (Å²) in [5, 5.41) is 54.5. The Balaban J connectivity index is 0.00000308. The molecule has 0 aliphatic carbocycles. The minimum absolute atomic E-state index is 0. The van der Waals surface area contributed by atoms with E-state index < -0.39 is 70.7 Å². The van der Waals surface area contributed by atoms with Gasteiger partial charge in [0.25, 0.3) is 11.8 Å². The number of carboxylic acid groups (broad SMARTS) is 1. The molecule has 0 saturated carbocycles. The van der Waals surface area contributed by atoms with Crippen LogP contribution in [0.4, 0.5) is 34.1 Å². The van der Waals surface area contributed by atoms with Crippen LogP contribution in [0.15, 0.2) is 152 Å². The van der Waals surface area contributed by atoms with Gasteiger partial charge < -0.3 is 39.9 Å². The van der Waals surface area contributed by atoms with Gasteiger partial charge in [-0.15, -0.1) is 15.3 Å². The van der Waals surface area contributed by atoms with Gasteiger partial charge in [-0.2, -0.15) is 5.11 Å². The third-order valence-electron chi connectivity index (χ3n) is 9.29. The largest absolute Gasteiger partial charge is 1.00 e. The van der Waals surface area contributed by atoms with E-state index in [0.29, 0.717) is 11.1 Å². The molecular formula is C42H27N6Na3O12S2. The standard InChI is InChI=1S/C42H30N6O12S2.3Na/c1-22-17-24(41(52)44-28-13-15-30-26(19-28)21-35(62(58,59)60)37(39(30)50)48-46-33-10-6-5-9-31(33)42(53)54)11-16-32(22)45-47-36-34(61(55,56)57)20-25-18-27(12-14-29(25)38(36)49)43-40(51)23-7-3-2-4-8-23;;;/h2-21,49-50H,1H3,(H,43,51)(H,44,52)(H,53,54)(H,55,56,57)(H,58,59,60);;;/q;3*+1/p-3. The first-order chi connectivity index (χ1) is 29.4. The third-order valence-corrected chi connectivity index (χ3v) is 11.0. The molecule has 2 amide bonds. The number of carbonyl (C=O) groups excluding carboxylic acids is 3. The summed E-state index contributed by atoms with van der Waals surface area (Å²) >= 11 is 0. The molecule has 0 fully saturated rings. The number of phenolic OH excluding ortho intramolecular Hbond substituents is 2. The second-order valence-electron chi connectivity index (χ2n) is 13.4. The van der Waals surface area contributed by atoms with Gasteiger partial charge in [-0.05, 0) is 108 Å². The normalized spacial score (nSPS) is 11.4. The van der Waals surface area contributed by atoms with E-state index >= 15 is 0 Å². The van der Waals surface area contributed by atoms with E-state index in [-0.39, 0.29) is 144 Å². The number of hydrogen-bond acceptors (Lipinski definition) is 16. The first-order valence-corrected chi connectivity index (χ1v) is 20.6. The zero-order chi connectivity index (χ0) is 44.5. The van der Waals surface area contributed by atoms with Crippen molar-refractivity contribution in [3.05, 3.63) is 144 Å². The molecule has 0 aliphatic rings. The molecule has 0 atom stereocenters. The molecule has 23 heteroatoms. The molecule has 0 saturated heterocycles. The van der Waals surface area contributed by atoms with Crippen molar-refractivity contribution < 1.29 is 144 Å². The summed E-state index contributed by atoms with van der Waals surface area (Å²) in [6.45, 7) is 1.55. The maximum atomic E-state index is 13.3. The number of aromatic hydroxyl groups is 2. The van der Waals surface area contributed by atoms with Crippen LogP contribution in [0, 0.1) is 6.92 Å². The Morgan fingerprint density at radius 2 is 1.00 bits per heavy atom. The van der Waals surface area contributed by atoms with E-state index in [2.05, 4.69) is 31.1 Å². The van der Waals surface area contributed by atoms with Gasteiger partial charge in [-0.25, -0.2) is 16.8 Å². The Morgan fingerprint density at radius 1 is 0.538 bits per heavy atom. The molecule has 65 heavy (non-hydrogen) atoms. The zero-order valence-corrected chi connectivity index (χ0v) is 42.3. The first-order valence-electron chi connectivity index (χ1n) is 17.8. The summed E-state index contributed by atoms with van der Waals surface area (Å²) in [7, 11) is -10.5. The van der Waals surface area contributed by atoms with Gasteiger partial charge in [0.2, 0.25) is 0 Å². The number of phenols is 2.